The lowest BCUT2D eigenvalue weighted by molar-refractivity contribution is 0.602. The molecule has 0 unspecified atom stereocenters. The van der Waals surface area contributed by atoms with Gasteiger partial charge in [-0.3, -0.25) is 0 Å². The molecule has 0 amide bonds. The number of benzene rings is 1. The Bertz CT molecular complexity index is 482. The van der Waals surface area contributed by atoms with Crippen molar-refractivity contribution in [1.29, 1.82) is 0 Å². The number of hydrogen-bond donors (Lipinski definition) is 1. The van der Waals surface area contributed by atoms with Gasteiger partial charge in [0, 0.05) is 12.8 Å². The number of hydrogen-bond acceptors (Lipinski definition) is 3. The number of anilines is 1. The maximum atomic E-state index is 11.3. The molecule has 1 aliphatic heterocycles. The van der Waals surface area contributed by atoms with Gasteiger partial charge in [-0.05, 0) is 24.1 Å². The Morgan fingerprint density at radius 2 is 2.14 bits per heavy atom. The Morgan fingerprint density at radius 1 is 1.43 bits per heavy atom. The van der Waals surface area contributed by atoms with Gasteiger partial charge in [0.1, 0.15) is 0 Å². The first-order valence-corrected chi connectivity index (χ1v) is 6.52. The van der Waals surface area contributed by atoms with Crippen LogP contribution in [0.25, 0.3) is 0 Å². The van der Waals surface area contributed by atoms with E-state index in [4.69, 9.17) is 11.6 Å². The number of rotatable bonds is 1. The molecule has 1 N–H and O–H groups in total. The lowest BCUT2D eigenvalue weighted by Crippen LogP contribution is -1.98. The summed E-state index contributed by atoms with van der Waals surface area (Å²) in [6.07, 6.45) is 2.02. The summed E-state index contributed by atoms with van der Waals surface area (Å²) in [7, 11) is -3.16. The molecule has 0 bridgehead atoms. The number of halogens is 1. The first-order valence-electron chi connectivity index (χ1n) is 4.25. The second kappa shape index (κ2) is 3.14. The van der Waals surface area contributed by atoms with Gasteiger partial charge in [0.05, 0.1) is 15.6 Å². The molecule has 0 saturated heterocycles. The van der Waals surface area contributed by atoms with E-state index in [0.717, 1.165) is 24.2 Å². The Kier molecular flexibility index (Phi) is 2.20. The van der Waals surface area contributed by atoms with Crippen LogP contribution in [-0.2, 0) is 16.3 Å². The SMILES string of the molecule is CS(=O)(=O)c1cc(Cl)c2c(c1)CCN2. The van der Waals surface area contributed by atoms with Gasteiger partial charge in [0.25, 0.3) is 0 Å². The zero-order chi connectivity index (χ0) is 10.3. The van der Waals surface area contributed by atoms with Crippen molar-refractivity contribution in [2.45, 2.75) is 11.3 Å². The highest BCUT2D eigenvalue weighted by Gasteiger charge is 2.18. The van der Waals surface area contributed by atoms with E-state index in [1.807, 2.05) is 0 Å². The second-order valence-electron chi connectivity index (χ2n) is 3.39. The molecule has 1 aromatic carbocycles. The third-order valence-corrected chi connectivity index (χ3v) is 3.66. The molecule has 0 saturated carbocycles. The van der Waals surface area contributed by atoms with Crippen LogP contribution in [0, 0.1) is 0 Å². The Morgan fingerprint density at radius 3 is 2.79 bits per heavy atom. The number of nitrogens with one attached hydrogen (secondary N) is 1. The van der Waals surface area contributed by atoms with Crippen LogP contribution >= 0.6 is 11.6 Å². The fourth-order valence-electron chi connectivity index (χ4n) is 1.57. The molecule has 0 aliphatic carbocycles. The molecule has 2 rings (SSSR count). The zero-order valence-electron chi connectivity index (χ0n) is 7.67. The van der Waals surface area contributed by atoms with Crippen LogP contribution < -0.4 is 5.32 Å². The average molecular weight is 232 g/mol. The summed E-state index contributed by atoms with van der Waals surface area (Å²) in [6, 6.07) is 3.19. The third-order valence-electron chi connectivity index (χ3n) is 2.27. The summed E-state index contributed by atoms with van der Waals surface area (Å²) in [5.74, 6) is 0. The predicted molar refractivity (Wildman–Crippen MR) is 56.8 cm³/mol. The van der Waals surface area contributed by atoms with Crippen molar-refractivity contribution in [1.82, 2.24) is 0 Å². The summed E-state index contributed by atoms with van der Waals surface area (Å²) in [4.78, 5) is 0.296. The van der Waals surface area contributed by atoms with Gasteiger partial charge in [-0.25, -0.2) is 8.42 Å². The monoisotopic (exact) mass is 231 g/mol. The smallest absolute Gasteiger partial charge is 0.175 e. The quantitative estimate of drug-likeness (QED) is 0.801. The highest BCUT2D eigenvalue weighted by atomic mass is 35.5. The van der Waals surface area contributed by atoms with Crippen LogP contribution in [0.1, 0.15) is 5.56 Å². The lowest BCUT2D eigenvalue weighted by Gasteiger charge is -2.05. The first kappa shape index (κ1) is 9.80. The van der Waals surface area contributed by atoms with Gasteiger partial charge in [0.15, 0.2) is 9.84 Å². The van der Waals surface area contributed by atoms with E-state index in [2.05, 4.69) is 5.32 Å². The summed E-state index contributed by atoms with van der Waals surface area (Å²) in [5, 5.41) is 3.61. The standard InChI is InChI=1S/C9H10ClNO2S/c1-14(12,13)7-4-6-2-3-11-9(6)8(10)5-7/h4-5,11H,2-3H2,1H3. The maximum Gasteiger partial charge on any atom is 0.175 e. The minimum absolute atomic E-state index is 0.296. The Labute approximate surface area is 88.0 Å². The fourth-order valence-corrected chi connectivity index (χ4v) is 2.63. The zero-order valence-corrected chi connectivity index (χ0v) is 9.24. The molecular weight excluding hydrogens is 222 g/mol. The largest absolute Gasteiger partial charge is 0.383 e. The van der Waals surface area contributed by atoms with Crippen molar-refractivity contribution in [3.05, 3.63) is 22.7 Å². The van der Waals surface area contributed by atoms with E-state index < -0.39 is 9.84 Å². The van der Waals surface area contributed by atoms with Crippen LogP contribution in [0.5, 0.6) is 0 Å². The van der Waals surface area contributed by atoms with E-state index in [1.54, 1.807) is 6.07 Å². The van der Waals surface area contributed by atoms with E-state index in [9.17, 15) is 8.42 Å². The normalized spacial score (nSPS) is 15.0. The molecule has 0 aromatic heterocycles. The van der Waals surface area contributed by atoms with Gasteiger partial charge in [-0.2, -0.15) is 0 Å². The predicted octanol–water partition coefficient (Wildman–Crippen LogP) is 1.71. The molecule has 0 spiro atoms. The second-order valence-corrected chi connectivity index (χ2v) is 5.81. The highest BCUT2D eigenvalue weighted by molar-refractivity contribution is 7.90. The molecule has 0 radical (unpaired) electrons. The Balaban J connectivity index is 2.64. The first-order chi connectivity index (χ1) is 6.48. The minimum Gasteiger partial charge on any atom is -0.383 e. The molecule has 76 valence electrons. The fraction of sp³-hybridized carbons (Fsp3) is 0.333. The van der Waals surface area contributed by atoms with Crippen molar-refractivity contribution >= 4 is 27.1 Å². The van der Waals surface area contributed by atoms with Crippen molar-refractivity contribution < 1.29 is 8.42 Å². The Hall–Kier alpha value is -0.740. The van der Waals surface area contributed by atoms with E-state index in [1.165, 1.54) is 12.3 Å². The van der Waals surface area contributed by atoms with Crippen molar-refractivity contribution in [3.8, 4) is 0 Å². The molecular formula is C9H10ClNO2S. The van der Waals surface area contributed by atoms with Crippen LogP contribution in [0.15, 0.2) is 17.0 Å². The average Bonchev–Trinajstić information content (AvgIpc) is 2.50. The third kappa shape index (κ3) is 1.60. The maximum absolute atomic E-state index is 11.3. The van der Waals surface area contributed by atoms with Gasteiger partial charge in [0.2, 0.25) is 0 Å². The van der Waals surface area contributed by atoms with Crippen molar-refractivity contribution in [2.24, 2.45) is 0 Å². The van der Waals surface area contributed by atoms with Crippen molar-refractivity contribution in [2.75, 3.05) is 18.1 Å². The molecule has 1 aromatic rings. The van der Waals surface area contributed by atoms with Gasteiger partial charge >= 0.3 is 0 Å². The minimum atomic E-state index is -3.16. The van der Waals surface area contributed by atoms with Gasteiger partial charge in [-0.15, -0.1) is 0 Å². The number of fused-ring (bicyclic) bond motifs is 1. The number of sulfone groups is 1. The van der Waals surface area contributed by atoms with Gasteiger partial charge in [-0.1, -0.05) is 11.6 Å². The highest BCUT2D eigenvalue weighted by Crippen LogP contribution is 2.33. The summed E-state index contributed by atoms with van der Waals surface area (Å²) in [5.41, 5.74) is 1.86. The molecule has 3 nitrogen and oxygen atoms in total. The van der Waals surface area contributed by atoms with E-state index >= 15 is 0 Å². The van der Waals surface area contributed by atoms with Crippen LogP contribution in [-0.4, -0.2) is 21.2 Å². The van der Waals surface area contributed by atoms with E-state index in [0.29, 0.717) is 9.92 Å². The van der Waals surface area contributed by atoms with Crippen LogP contribution in [0.2, 0.25) is 5.02 Å². The van der Waals surface area contributed by atoms with Crippen LogP contribution in [0.3, 0.4) is 0 Å². The van der Waals surface area contributed by atoms with Gasteiger partial charge < -0.3 is 5.32 Å². The molecule has 0 atom stereocenters. The molecule has 1 aliphatic rings. The van der Waals surface area contributed by atoms with Crippen LogP contribution in [0.4, 0.5) is 5.69 Å². The summed E-state index contributed by atoms with van der Waals surface area (Å²) >= 11 is 5.95. The molecule has 1 heterocycles. The molecule has 0 fully saturated rings. The summed E-state index contributed by atoms with van der Waals surface area (Å²) in [6.45, 7) is 0.822. The molecule has 14 heavy (non-hydrogen) atoms. The lowest BCUT2D eigenvalue weighted by atomic mass is 10.2. The van der Waals surface area contributed by atoms with E-state index in [-0.39, 0.29) is 0 Å². The molecule has 5 heteroatoms. The topological polar surface area (TPSA) is 46.2 Å². The summed E-state index contributed by atoms with van der Waals surface area (Å²) < 4.78 is 22.6. The van der Waals surface area contributed by atoms with Crippen molar-refractivity contribution in [3.63, 3.8) is 0 Å².